The van der Waals surface area contributed by atoms with Crippen LogP contribution < -0.4 is 0 Å². The third kappa shape index (κ3) is 3.07. The second kappa shape index (κ2) is 6.09. The zero-order chi connectivity index (χ0) is 14.8. The molecule has 3 aromatic carbocycles. The number of benzene rings is 3. The van der Waals surface area contributed by atoms with Crippen molar-refractivity contribution >= 4 is 34.0 Å². The van der Waals surface area contributed by atoms with Crippen LogP contribution in [0.15, 0.2) is 60.7 Å². The van der Waals surface area contributed by atoms with Crippen LogP contribution in [0.1, 0.15) is 22.1 Å². The number of halogens is 2. The van der Waals surface area contributed by atoms with Gasteiger partial charge in [-0.3, -0.25) is 0 Å². The van der Waals surface area contributed by atoms with Crippen molar-refractivity contribution in [2.24, 2.45) is 0 Å². The van der Waals surface area contributed by atoms with Gasteiger partial charge in [-0.2, -0.15) is 0 Å². The van der Waals surface area contributed by atoms with E-state index in [-0.39, 0.29) is 5.38 Å². The fourth-order valence-corrected chi connectivity index (χ4v) is 3.31. The van der Waals surface area contributed by atoms with Crippen LogP contribution in [0, 0.1) is 6.92 Å². The van der Waals surface area contributed by atoms with Crippen LogP contribution in [0.5, 0.6) is 0 Å². The highest BCUT2D eigenvalue weighted by atomic mass is 35.5. The smallest absolute Gasteiger partial charge is 0.0631 e. The minimum absolute atomic E-state index is 0.0611. The summed E-state index contributed by atoms with van der Waals surface area (Å²) in [5, 5.41) is 2.91. The van der Waals surface area contributed by atoms with Crippen LogP contribution in [0.2, 0.25) is 5.02 Å². The monoisotopic (exact) mass is 314 g/mol. The van der Waals surface area contributed by atoms with E-state index in [2.05, 4.69) is 37.3 Å². The Morgan fingerprint density at radius 2 is 1.67 bits per heavy atom. The third-order valence-corrected chi connectivity index (χ3v) is 4.46. The molecule has 0 fully saturated rings. The van der Waals surface area contributed by atoms with E-state index in [0.29, 0.717) is 0 Å². The lowest BCUT2D eigenvalue weighted by molar-refractivity contribution is 0.927. The first kappa shape index (κ1) is 14.4. The molecule has 0 radical (unpaired) electrons. The summed E-state index contributed by atoms with van der Waals surface area (Å²) in [6.07, 6.45) is 0.814. The zero-order valence-corrected chi connectivity index (χ0v) is 13.3. The zero-order valence-electron chi connectivity index (χ0n) is 11.8. The first-order chi connectivity index (χ1) is 10.1. The van der Waals surface area contributed by atoms with E-state index in [9.17, 15) is 0 Å². The van der Waals surface area contributed by atoms with E-state index in [0.717, 1.165) is 27.8 Å². The van der Waals surface area contributed by atoms with Gasteiger partial charge in [-0.1, -0.05) is 71.8 Å². The van der Waals surface area contributed by atoms with E-state index in [1.54, 1.807) is 0 Å². The predicted molar refractivity (Wildman–Crippen MR) is 92.4 cm³/mol. The maximum absolute atomic E-state index is 6.68. The molecule has 0 spiro atoms. The van der Waals surface area contributed by atoms with Gasteiger partial charge >= 0.3 is 0 Å². The van der Waals surface area contributed by atoms with Crippen molar-refractivity contribution in [2.75, 3.05) is 0 Å². The van der Waals surface area contributed by atoms with Crippen molar-refractivity contribution in [3.05, 3.63) is 82.4 Å². The van der Waals surface area contributed by atoms with E-state index < -0.39 is 0 Å². The Morgan fingerprint density at radius 3 is 2.43 bits per heavy atom. The number of alkyl halides is 1. The van der Waals surface area contributed by atoms with Crippen molar-refractivity contribution in [3.63, 3.8) is 0 Å². The second-order valence-electron chi connectivity index (χ2n) is 5.34. The lowest BCUT2D eigenvalue weighted by atomic mass is 9.97. The highest BCUT2D eigenvalue weighted by Crippen LogP contribution is 2.34. The molecule has 21 heavy (non-hydrogen) atoms. The summed E-state index contributed by atoms with van der Waals surface area (Å²) in [6, 6.07) is 20.6. The standard InChI is InChI=1S/C19H16Cl2/c1-13-5-4-6-14(11-13)12-19(21)17-9-10-18(20)16-8-3-2-7-15(16)17/h2-11,19H,12H2,1H3. The van der Waals surface area contributed by atoms with Crippen LogP contribution in [-0.2, 0) is 6.42 Å². The molecule has 0 N–H and O–H groups in total. The van der Waals surface area contributed by atoms with Crippen LogP contribution in [0.25, 0.3) is 10.8 Å². The van der Waals surface area contributed by atoms with Gasteiger partial charge < -0.3 is 0 Å². The molecule has 0 saturated carbocycles. The number of hydrogen-bond acceptors (Lipinski definition) is 0. The van der Waals surface area contributed by atoms with Crippen LogP contribution in [0.3, 0.4) is 0 Å². The van der Waals surface area contributed by atoms with Crippen LogP contribution in [0.4, 0.5) is 0 Å². The first-order valence-corrected chi connectivity index (χ1v) is 7.83. The third-order valence-electron chi connectivity index (χ3n) is 3.74. The van der Waals surface area contributed by atoms with Gasteiger partial charge in [-0.05, 0) is 35.9 Å². The molecule has 0 bridgehead atoms. The van der Waals surface area contributed by atoms with Gasteiger partial charge in [-0.15, -0.1) is 11.6 Å². The van der Waals surface area contributed by atoms with E-state index in [1.165, 1.54) is 11.1 Å². The van der Waals surface area contributed by atoms with Gasteiger partial charge in [0, 0.05) is 10.4 Å². The largest absolute Gasteiger partial charge is 0.117 e. The van der Waals surface area contributed by atoms with Crippen molar-refractivity contribution in [1.29, 1.82) is 0 Å². The molecule has 1 atom stereocenters. The van der Waals surface area contributed by atoms with Gasteiger partial charge in [0.2, 0.25) is 0 Å². The quantitative estimate of drug-likeness (QED) is 0.496. The Bertz CT molecular complexity index is 777. The number of rotatable bonds is 3. The minimum atomic E-state index is -0.0611. The normalized spacial score (nSPS) is 12.5. The van der Waals surface area contributed by atoms with Gasteiger partial charge in [0.15, 0.2) is 0 Å². The highest BCUT2D eigenvalue weighted by molar-refractivity contribution is 6.35. The Kier molecular flexibility index (Phi) is 4.19. The lowest BCUT2D eigenvalue weighted by Gasteiger charge is -2.14. The number of fused-ring (bicyclic) bond motifs is 1. The molecule has 0 aliphatic heterocycles. The molecule has 0 aliphatic carbocycles. The lowest BCUT2D eigenvalue weighted by Crippen LogP contribution is -1.97. The summed E-state index contributed by atoms with van der Waals surface area (Å²) in [6.45, 7) is 2.10. The SMILES string of the molecule is Cc1cccc(CC(Cl)c2ccc(Cl)c3ccccc23)c1. The summed E-state index contributed by atoms with van der Waals surface area (Å²) < 4.78 is 0. The van der Waals surface area contributed by atoms with Gasteiger partial charge in [0.1, 0.15) is 0 Å². The Balaban J connectivity index is 1.98. The van der Waals surface area contributed by atoms with Crippen molar-refractivity contribution in [3.8, 4) is 0 Å². The maximum atomic E-state index is 6.68. The second-order valence-corrected chi connectivity index (χ2v) is 6.28. The molecular weight excluding hydrogens is 299 g/mol. The fourth-order valence-electron chi connectivity index (χ4n) is 2.71. The molecule has 106 valence electrons. The Hall–Kier alpha value is -1.50. The molecule has 0 aromatic heterocycles. The predicted octanol–water partition coefficient (Wildman–Crippen LogP) is 6.32. The molecule has 3 aromatic rings. The van der Waals surface area contributed by atoms with Crippen molar-refractivity contribution in [1.82, 2.24) is 0 Å². The average Bonchev–Trinajstić information content (AvgIpc) is 2.48. The summed E-state index contributed by atoms with van der Waals surface area (Å²) in [4.78, 5) is 0. The fraction of sp³-hybridized carbons (Fsp3) is 0.158. The molecule has 0 aliphatic rings. The Morgan fingerprint density at radius 1 is 0.905 bits per heavy atom. The topological polar surface area (TPSA) is 0 Å². The summed E-state index contributed by atoms with van der Waals surface area (Å²) >= 11 is 13.0. The van der Waals surface area contributed by atoms with Crippen molar-refractivity contribution < 1.29 is 0 Å². The Labute approximate surface area is 135 Å². The molecule has 0 nitrogen and oxygen atoms in total. The molecule has 1 unspecified atom stereocenters. The molecule has 2 heteroatoms. The van der Waals surface area contributed by atoms with E-state index in [1.807, 2.05) is 30.3 Å². The summed E-state index contributed by atoms with van der Waals surface area (Å²) in [7, 11) is 0. The van der Waals surface area contributed by atoms with Gasteiger partial charge in [-0.25, -0.2) is 0 Å². The first-order valence-electron chi connectivity index (χ1n) is 7.02. The van der Waals surface area contributed by atoms with Gasteiger partial charge in [0.05, 0.1) is 5.38 Å². The average molecular weight is 315 g/mol. The van der Waals surface area contributed by atoms with Crippen LogP contribution in [-0.4, -0.2) is 0 Å². The van der Waals surface area contributed by atoms with Gasteiger partial charge in [0.25, 0.3) is 0 Å². The maximum Gasteiger partial charge on any atom is 0.0631 e. The van der Waals surface area contributed by atoms with Crippen molar-refractivity contribution in [2.45, 2.75) is 18.7 Å². The number of aryl methyl sites for hydroxylation is 1. The van der Waals surface area contributed by atoms with E-state index >= 15 is 0 Å². The molecule has 0 saturated heterocycles. The van der Waals surface area contributed by atoms with E-state index in [4.69, 9.17) is 23.2 Å². The molecule has 0 amide bonds. The minimum Gasteiger partial charge on any atom is -0.117 e. The van der Waals surface area contributed by atoms with Crippen LogP contribution >= 0.6 is 23.2 Å². The highest BCUT2D eigenvalue weighted by Gasteiger charge is 2.13. The molecule has 0 heterocycles. The molecular formula is C19H16Cl2. The summed E-state index contributed by atoms with van der Waals surface area (Å²) in [5.41, 5.74) is 3.66. The molecule has 3 rings (SSSR count). The number of hydrogen-bond donors (Lipinski definition) is 0. The summed E-state index contributed by atoms with van der Waals surface area (Å²) in [5.74, 6) is 0.